The Kier molecular flexibility index (Phi) is 8.61. The molecule has 1 aliphatic carbocycles. The molecule has 1 aromatic carbocycles. The third-order valence-corrected chi connectivity index (χ3v) is 6.60. The number of ketones is 1. The van der Waals surface area contributed by atoms with Gasteiger partial charge in [0, 0.05) is 24.7 Å². The van der Waals surface area contributed by atoms with Crippen LogP contribution in [0, 0.1) is 11.8 Å². The van der Waals surface area contributed by atoms with Gasteiger partial charge in [0.2, 0.25) is 5.95 Å². The molecule has 1 amide bonds. The molecule has 32 heavy (non-hydrogen) atoms. The van der Waals surface area contributed by atoms with Crippen LogP contribution in [0.3, 0.4) is 0 Å². The van der Waals surface area contributed by atoms with Crippen molar-refractivity contribution in [2.75, 3.05) is 19.0 Å². The first-order valence-corrected chi connectivity index (χ1v) is 11.9. The largest absolute Gasteiger partial charge is 0.495 e. The van der Waals surface area contributed by atoms with Gasteiger partial charge in [-0.1, -0.05) is 12.8 Å². The van der Waals surface area contributed by atoms with Gasteiger partial charge in [-0.2, -0.15) is 0 Å². The number of anilines is 2. The topological polar surface area (TPSA) is 93.2 Å². The first-order valence-electron chi connectivity index (χ1n) is 11.1. The van der Waals surface area contributed by atoms with Gasteiger partial charge in [0.05, 0.1) is 23.0 Å². The van der Waals surface area contributed by atoms with Crippen LogP contribution in [0.2, 0.25) is 0 Å². The molecule has 0 radical (unpaired) electrons. The zero-order valence-corrected chi connectivity index (χ0v) is 20.5. The summed E-state index contributed by atoms with van der Waals surface area (Å²) >= 11 is 3.59. The number of carbonyl (C=O) groups excluding carboxylic acids is 2. The number of aromatic nitrogens is 2. The molecule has 0 aliphatic heterocycles. The molecule has 0 bridgehead atoms. The number of benzene rings is 1. The Labute approximate surface area is 197 Å². The van der Waals surface area contributed by atoms with Crippen LogP contribution in [0.1, 0.15) is 62.0 Å². The summed E-state index contributed by atoms with van der Waals surface area (Å²) in [7, 11) is 1.56. The van der Waals surface area contributed by atoms with E-state index in [2.05, 4.69) is 31.5 Å². The maximum atomic E-state index is 12.1. The van der Waals surface area contributed by atoms with Gasteiger partial charge < -0.3 is 20.2 Å². The lowest BCUT2D eigenvalue weighted by Gasteiger charge is -2.31. The predicted octanol–water partition coefficient (Wildman–Crippen LogP) is 5.07. The van der Waals surface area contributed by atoms with Crippen molar-refractivity contribution in [2.24, 2.45) is 11.8 Å². The third-order valence-electron chi connectivity index (χ3n) is 5.94. The van der Waals surface area contributed by atoms with Gasteiger partial charge in [0.1, 0.15) is 11.5 Å². The lowest BCUT2D eigenvalue weighted by Crippen LogP contribution is -2.24. The number of Topliss-reactive ketones (excluding diaryl/α,β-unsaturated/α-hetero) is 1. The fourth-order valence-electron chi connectivity index (χ4n) is 4.36. The smallest absolute Gasteiger partial charge is 0.251 e. The van der Waals surface area contributed by atoms with Crippen molar-refractivity contribution in [3.8, 4) is 5.75 Å². The molecule has 2 aromatic rings. The van der Waals surface area contributed by atoms with Crippen LogP contribution >= 0.6 is 15.9 Å². The van der Waals surface area contributed by atoms with Gasteiger partial charge >= 0.3 is 0 Å². The van der Waals surface area contributed by atoms with E-state index in [9.17, 15) is 9.59 Å². The number of halogens is 1. The van der Waals surface area contributed by atoms with Crippen LogP contribution in [0.5, 0.6) is 5.75 Å². The Balaban J connectivity index is 1.78. The molecule has 2 N–H and O–H groups in total. The molecular weight excluding hydrogens is 472 g/mol. The van der Waals surface area contributed by atoms with Crippen molar-refractivity contribution in [2.45, 2.75) is 52.4 Å². The summed E-state index contributed by atoms with van der Waals surface area (Å²) in [6.07, 6.45) is 7.82. The van der Waals surface area contributed by atoms with Crippen LogP contribution in [0.15, 0.2) is 28.9 Å². The highest BCUT2D eigenvalue weighted by Gasteiger charge is 2.27. The lowest BCUT2D eigenvalue weighted by molar-refractivity contribution is -0.118. The normalized spacial score (nSPS) is 18.1. The first-order chi connectivity index (χ1) is 15.4. The summed E-state index contributed by atoms with van der Waals surface area (Å²) in [5, 5.41) is 6.00. The summed E-state index contributed by atoms with van der Waals surface area (Å²) in [6.45, 7) is 4.12. The molecule has 0 unspecified atom stereocenters. The Morgan fingerprint density at radius 3 is 2.66 bits per heavy atom. The molecule has 3 rings (SSSR count). The second kappa shape index (κ2) is 11.4. The number of nitrogens with zero attached hydrogens (tertiary/aromatic N) is 2. The maximum absolute atomic E-state index is 12.1. The quantitative estimate of drug-likeness (QED) is 0.497. The van der Waals surface area contributed by atoms with Crippen LogP contribution in [0.4, 0.5) is 11.6 Å². The van der Waals surface area contributed by atoms with Crippen molar-refractivity contribution in [1.29, 1.82) is 0 Å². The predicted molar refractivity (Wildman–Crippen MR) is 128 cm³/mol. The second-order valence-electron chi connectivity index (χ2n) is 8.30. The highest BCUT2D eigenvalue weighted by molar-refractivity contribution is 9.10. The number of ether oxygens (including phenoxy) is 1. The van der Waals surface area contributed by atoms with Crippen LogP contribution in [-0.2, 0) is 11.2 Å². The van der Waals surface area contributed by atoms with Gasteiger partial charge in [-0.15, -0.1) is 0 Å². The molecule has 0 spiro atoms. The van der Waals surface area contributed by atoms with Crippen molar-refractivity contribution < 1.29 is 14.3 Å². The number of hydrogen-bond donors (Lipinski definition) is 2. The third kappa shape index (κ3) is 6.28. The summed E-state index contributed by atoms with van der Waals surface area (Å²) in [6, 6.07) is 5.23. The Morgan fingerprint density at radius 1 is 1.22 bits per heavy atom. The van der Waals surface area contributed by atoms with Gasteiger partial charge in [0.25, 0.3) is 5.91 Å². The Hall–Kier alpha value is -2.48. The van der Waals surface area contributed by atoms with E-state index < -0.39 is 0 Å². The molecule has 7 nitrogen and oxygen atoms in total. The number of amides is 1. The fourth-order valence-corrected chi connectivity index (χ4v) is 4.72. The molecule has 0 saturated heterocycles. The molecular formula is C24H31BrN4O3. The first kappa shape index (κ1) is 24.2. The van der Waals surface area contributed by atoms with E-state index in [0.717, 1.165) is 29.4 Å². The van der Waals surface area contributed by atoms with E-state index in [1.165, 1.54) is 12.8 Å². The van der Waals surface area contributed by atoms with E-state index in [4.69, 9.17) is 9.72 Å². The van der Waals surface area contributed by atoms with Crippen molar-refractivity contribution in [1.82, 2.24) is 15.3 Å². The van der Waals surface area contributed by atoms with Crippen molar-refractivity contribution in [3.05, 3.63) is 40.1 Å². The van der Waals surface area contributed by atoms with Crippen molar-refractivity contribution >= 4 is 39.3 Å². The number of rotatable bonds is 9. The highest BCUT2D eigenvalue weighted by Crippen LogP contribution is 2.36. The minimum absolute atomic E-state index is 0.146. The Morgan fingerprint density at radius 2 is 1.97 bits per heavy atom. The molecule has 1 aromatic heterocycles. The number of carbonyl (C=O) groups is 2. The molecule has 8 heteroatoms. The van der Waals surface area contributed by atoms with Gasteiger partial charge in [-0.25, -0.2) is 9.97 Å². The van der Waals surface area contributed by atoms with Crippen LogP contribution in [0.25, 0.3) is 0 Å². The number of methoxy groups -OCH3 is 1. The summed E-state index contributed by atoms with van der Waals surface area (Å²) in [5.74, 6) is 1.97. The van der Waals surface area contributed by atoms with Crippen LogP contribution in [-0.4, -0.2) is 35.3 Å². The zero-order chi connectivity index (χ0) is 23.1. The molecule has 1 heterocycles. The highest BCUT2D eigenvalue weighted by atomic mass is 79.9. The summed E-state index contributed by atoms with van der Waals surface area (Å²) < 4.78 is 6.34. The average molecular weight is 503 g/mol. The van der Waals surface area contributed by atoms with E-state index in [1.807, 2.05) is 6.92 Å². The molecule has 172 valence electrons. The molecule has 1 fully saturated rings. The second-order valence-corrected chi connectivity index (χ2v) is 9.16. The SMILES string of the molecule is CCNC(=O)c1ccc(Nc2ncc(Br)c(C[C@@H]3CCCC[C@H]3CC(C)=O)n2)c(OC)c1. The fraction of sp³-hybridized carbons (Fsp3) is 0.500. The Bertz CT molecular complexity index is 966. The van der Waals surface area contributed by atoms with Gasteiger partial charge in [0.15, 0.2) is 0 Å². The monoisotopic (exact) mass is 502 g/mol. The maximum Gasteiger partial charge on any atom is 0.251 e. The van der Waals surface area contributed by atoms with Gasteiger partial charge in [-0.3, -0.25) is 4.79 Å². The average Bonchev–Trinajstić information content (AvgIpc) is 2.77. The van der Waals surface area contributed by atoms with Crippen molar-refractivity contribution in [3.63, 3.8) is 0 Å². The van der Waals surface area contributed by atoms with E-state index in [-0.39, 0.29) is 11.7 Å². The number of hydrogen-bond acceptors (Lipinski definition) is 6. The van der Waals surface area contributed by atoms with E-state index in [0.29, 0.717) is 47.8 Å². The molecule has 1 aliphatic rings. The summed E-state index contributed by atoms with van der Waals surface area (Å²) in [5.41, 5.74) is 2.14. The number of nitrogens with one attached hydrogen (secondary N) is 2. The van der Waals surface area contributed by atoms with Crippen LogP contribution < -0.4 is 15.4 Å². The standard InChI is InChI=1S/C24H31BrN4O3/c1-4-26-23(31)18-9-10-20(22(13-18)32-3)28-24-27-14-19(25)21(29-24)12-17-8-6-5-7-16(17)11-15(2)30/h9-10,13-14,16-17H,4-8,11-12H2,1-3H3,(H,26,31)(H,27,28,29)/t16-,17-/m0/s1. The molecule has 2 atom stereocenters. The molecule has 1 saturated carbocycles. The zero-order valence-electron chi connectivity index (χ0n) is 18.9. The summed E-state index contributed by atoms with van der Waals surface area (Å²) in [4.78, 5) is 33.0. The lowest BCUT2D eigenvalue weighted by atomic mass is 9.75. The van der Waals surface area contributed by atoms with Gasteiger partial charge in [-0.05, 0) is 79.1 Å². The van der Waals surface area contributed by atoms with E-state index >= 15 is 0 Å². The minimum atomic E-state index is -0.146. The minimum Gasteiger partial charge on any atom is -0.495 e. The van der Waals surface area contributed by atoms with E-state index in [1.54, 1.807) is 38.4 Å².